The number of rotatable bonds is 13. The summed E-state index contributed by atoms with van der Waals surface area (Å²) in [4.78, 5) is 8.86. The fraction of sp³-hybridized carbons (Fsp3) is 0.360. The van der Waals surface area contributed by atoms with Gasteiger partial charge in [0.2, 0.25) is 16.0 Å². The summed E-state index contributed by atoms with van der Waals surface area (Å²) >= 11 is 0. The molecule has 0 aliphatic rings. The minimum atomic E-state index is -3.33. The Morgan fingerprint density at radius 3 is 2.59 bits per heavy atom. The zero-order valence-corrected chi connectivity index (χ0v) is 20.3. The first-order valence-electron chi connectivity index (χ1n) is 11.4. The number of nitrogens with two attached hydrogens (primary N) is 1. The second-order valence-electron chi connectivity index (χ2n) is 8.22. The van der Waals surface area contributed by atoms with E-state index in [1.165, 1.54) is 22.7 Å². The Bertz CT molecular complexity index is 1170. The van der Waals surface area contributed by atoms with Gasteiger partial charge in [0.15, 0.2) is 0 Å². The molecule has 0 aliphatic heterocycles. The van der Waals surface area contributed by atoms with Crippen LogP contribution in [0.5, 0.6) is 0 Å². The fourth-order valence-corrected chi connectivity index (χ4v) is 4.46. The topological polar surface area (TPSA) is 101 Å². The zero-order chi connectivity index (χ0) is 24.4. The Morgan fingerprint density at radius 1 is 1.03 bits per heavy atom. The molecule has 9 heteroatoms. The molecule has 3 aromatic rings. The average Bonchev–Trinajstić information content (AvgIpc) is 2.81. The Labute approximate surface area is 201 Å². The lowest BCUT2D eigenvalue weighted by Crippen LogP contribution is -2.30. The van der Waals surface area contributed by atoms with E-state index in [1.807, 2.05) is 36.4 Å². The van der Waals surface area contributed by atoms with Crippen molar-refractivity contribution in [1.29, 1.82) is 0 Å². The minimum Gasteiger partial charge on any atom is -0.354 e. The van der Waals surface area contributed by atoms with Gasteiger partial charge in [0.25, 0.3) is 0 Å². The van der Waals surface area contributed by atoms with Crippen molar-refractivity contribution in [3.05, 3.63) is 77.7 Å². The highest BCUT2D eigenvalue weighted by atomic mass is 32.2. The summed E-state index contributed by atoms with van der Waals surface area (Å²) in [6.07, 6.45) is 6.14. The number of sulfonamides is 1. The van der Waals surface area contributed by atoms with Crippen LogP contribution in [0.2, 0.25) is 0 Å². The number of aromatic nitrogens is 2. The van der Waals surface area contributed by atoms with E-state index in [1.54, 1.807) is 12.3 Å². The van der Waals surface area contributed by atoms with Crippen molar-refractivity contribution in [2.24, 2.45) is 5.73 Å². The molecule has 1 heterocycles. The molecular weight excluding hydrogens is 453 g/mol. The number of hydrogen-bond donors (Lipinski definition) is 2. The van der Waals surface area contributed by atoms with Crippen molar-refractivity contribution < 1.29 is 12.8 Å². The molecular formula is C25H32FN5O2S. The van der Waals surface area contributed by atoms with Crippen LogP contribution < -0.4 is 11.1 Å². The molecule has 0 aliphatic carbocycles. The largest absolute Gasteiger partial charge is 0.354 e. The highest BCUT2D eigenvalue weighted by Gasteiger charge is 2.17. The molecule has 0 fully saturated rings. The van der Waals surface area contributed by atoms with E-state index < -0.39 is 10.0 Å². The highest BCUT2D eigenvalue weighted by molar-refractivity contribution is 7.88. The van der Waals surface area contributed by atoms with Gasteiger partial charge in [-0.15, -0.1) is 0 Å². The molecule has 0 spiro atoms. The number of nitrogens with one attached hydrogen (secondary N) is 1. The maximum absolute atomic E-state index is 13.3. The van der Waals surface area contributed by atoms with Gasteiger partial charge in [0.05, 0.1) is 11.9 Å². The maximum Gasteiger partial charge on any atom is 0.223 e. The van der Waals surface area contributed by atoms with E-state index in [0.29, 0.717) is 38.5 Å². The monoisotopic (exact) mass is 485 g/mol. The molecule has 0 amide bonds. The second kappa shape index (κ2) is 12.5. The van der Waals surface area contributed by atoms with Crippen molar-refractivity contribution in [3.63, 3.8) is 0 Å². The first kappa shape index (κ1) is 25.7. The number of anilines is 1. The van der Waals surface area contributed by atoms with Crippen LogP contribution >= 0.6 is 0 Å². The van der Waals surface area contributed by atoms with E-state index >= 15 is 0 Å². The second-order valence-corrected chi connectivity index (χ2v) is 10.2. The van der Waals surface area contributed by atoms with Crippen molar-refractivity contribution >= 4 is 16.0 Å². The molecule has 0 unspecified atom stereocenters. The van der Waals surface area contributed by atoms with Crippen LogP contribution in [0, 0.1) is 5.82 Å². The third-order valence-electron chi connectivity index (χ3n) is 5.40. The molecule has 0 saturated carbocycles. The predicted octanol–water partition coefficient (Wildman–Crippen LogP) is 3.83. The molecule has 3 rings (SSSR count). The summed E-state index contributed by atoms with van der Waals surface area (Å²) in [6.45, 7) is 1.96. The van der Waals surface area contributed by atoms with Crippen LogP contribution in [-0.2, 0) is 23.0 Å². The number of benzene rings is 2. The van der Waals surface area contributed by atoms with Gasteiger partial charge in [-0.05, 0) is 61.2 Å². The standard InChI is InChI=1S/C25H32FN5O2S/c1-34(32,33)31(16-4-2-3-13-27)19-21-8-5-9-22(17-21)24-12-15-29-25(30-24)28-14-11-20-7-6-10-23(26)18-20/h5-10,12,15,17-18H,2-4,11,13-14,16,19,27H2,1H3,(H,28,29,30). The number of halogens is 1. The number of nitrogens with zero attached hydrogens (tertiary/aromatic N) is 3. The van der Waals surface area contributed by atoms with E-state index in [9.17, 15) is 12.8 Å². The lowest BCUT2D eigenvalue weighted by molar-refractivity contribution is 0.397. The summed E-state index contributed by atoms with van der Waals surface area (Å²) in [5, 5.41) is 3.18. The van der Waals surface area contributed by atoms with Gasteiger partial charge < -0.3 is 11.1 Å². The summed E-state index contributed by atoms with van der Waals surface area (Å²) in [5.41, 5.74) is 8.94. The van der Waals surface area contributed by atoms with Crippen LogP contribution in [0.3, 0.4) is 0 Å². The van der Waals surface area contributed by atoms with Crippen LogP contribution in [-0.4, -0.2) is 48.6 Å². The molecule has 34 heavy (non-hydrogen) atoms. The van der Waals surface area contributed by atoms with Crippen molar-refractivity contribution in [2.45, 2.75) is 32.2 Å². The van der Waals surface area contributed by atoms with E-state index in [-0.39, 0.29) is 5.82 Å². The highest BCUT2D eigenvalue weighted by Crippen LogP contribution is 2.21. The normalized spacial score (nSPS) is 11.6. The minimum absolute atomic E-state index is 0.249. The smallest absolute Gasteiger partial charge is 0.223 e. The quantitative estimate of drug-likeness (QED) is 0.357. The molecule has 0 saturated heterocycles. The fourth-order valence-electron chi connectivity index (χ4n) is 3.62. The van der Waals surface area contributed by atoms with E-state index in [0.717, 1.165) is 41.6 Å². The first-order chi connectivity index (χ1) is 16.3. The Balaban J connectivity index is 1.66. The van der Waals surface area contributed by atoms with Gasteiger partial charge in [-0.25, -0.2) is 22.8 Å². The third-order valence-corrected chi connectivity index (χ3v) is 6.65. The van der Waals surface area contributed by atoms with Gasteiger partial charge in [0.1, 0.15) is 5.82 Å². The van der Waals surface area contributed by atoms with Crippen LogP contribution in [0.15, 0.2) is 60.8 Å². The average molecular weight is 486 g/mol. The Morgan fingerprint density at radius 2 is 1.82 bits per heavy atom. The van der Waals surface area contributed by atoms with Crippen molar-refractivity contribution in [3.8, 4) is 11.3 Å². The van der Waals surface area contributed by atoms with E-state index in [4.69, 9.17) is 5.73 Å². The van der Waals surface area contributed by atoms with Gasteiger partial charge in [-0.2, -0.15) is 4.31 Å². The lowest BCUT2D eigenvalue weighted by Gasteiger charge is -2.20. The molecule has 1 aromatic heterocycles. The van der Waals surface area contributed by atoms with Crippen molar-refractivity contribution in [1.82, 2.24) is 14.3 Å². The molecule has 3 N–H and O–H groups in total. The molecule has 7 nitrogen and oxygen atoms in total. The maximum atomic E-state index is 13.3. The van der Waals surface area contributed by atoms with Crippen molar-refractivity contribution in [2.75, 3.05) is 31.2 Å². The predicted molar refractivity (Wildman–Crippen MR) is 134 cm³/mol. The summed E-state index contributed by atoms with van der Waals surface area (Å²) in [5.74, 6) is 0.234. The van der Waals surface area contributed by atoms with Gasteiger partial charge >= 0.3 is 0 Å². The SMILES string of the molecule is CS(=O)(=O)N(CCCCCN)Cc1cccc(-c2ccnc(NCCc3cccc(F)c3)n2)c1. The van der Waals surface area contributed by atoms with Gasteiger partial charge in [-0.3, -0.25) is 0 Å². The first-order valence-corrected chi connectivity index (χ1v) is 13.3. The summed E-state index contributed by atoms with van der Waals surface area (Å²) in [7, 11) is -3.33. The zero-order valence-electron chi connectivity index (χ0n) is 19.5. The van der Waals surface area contributed by atoms with Gasteiger partial charge in [0, 0.05) is 31.4 Å². The van der Waals surface area contributed by atoms with Crippen LogP contribution in [0.1, 0.15) is 30.4 Å². The van der Waals surface area contributed by atoms with Crippen LogP contribution in [0.25, 0.3) is 11.3 Å². The molecule has 0 bridgehead atoms. The van der Waals surface area contributed by atoms with Gasteiger partial charge in [-0.1, -0.05) is 36.8 Å². The van der Waals surface area contributed by atoms with Crippen LogP contribution in [0.4, 0.5) is 10.3 Å². The molecule has 182 valence electrons. The number of hydrogen-bond acceptors (Lipinski definition) is 6. The number of unbranched alkanes of at least 4 members (excludes halogenated alkanes) is 2. The summed E-state index contributed by atoms with van der Waals surface area (Å²) < 4.78 is 39.4. The Hall–Kier alpha value is -2.88. The molecule has 2 aromatic carbocycles. The van der Waals surface area contributed by atoms with E-state index in [2.05, 4.69) is 15.3 Å². The molecule has 0 radical (unpaired) electrons. The Kier molecular flexibility index (Phi) is 9.50. The molecule has 0 atom stereocenters. The lowest BCUT2D eigenvalue weighted by atomic mass is 10.1. The third kappa shape index (κ3) is 8.16. The summed E-state index contributed by atoms with van der Waals surface area (Å²) in [6, 6.07) is 16.0.